The Bertz CT molecular complexity index is 1440. The number of anilines is 1. The maximum atomic E-state index is 12.2. The third-order valence-corrected chi connectivity index (χ3v) is 59.9. The standard InChI is InChI=1S/C8H7N3S.C7H7O.C5H5.Fe/c9-8-11-10-7(12-8)6-4-2-1-3-5-6;1-6(8)7-4-2-3-5-7;1-2-4-5-3-1;/h1-5H,(H2,9,11);2-5H,1H3;1-5H;. The van der Waals surface area contributed by atoms with Gasteiger partial charge in [-0.1, -0.05) is 41.7 Å². The summed E-state index contributed by atoms with van der Waals surface area (Å²) in [7, 11) is 0. The van der Waals surface area contributed by atoms with Gasteiger partial charge in [-0.25, -0.2) is 0 Å². The molecule has 1 aromatic heterocycles. The smallest absolute Gasteiger partial charge is 0.203 e. The van der Waals surface area contributed by atoms with E-state index in [4.69, 9.17) is 5.73 Å². The number of rotatable bonds is 2. The van der Waals surface area contributed by atoms with Crippen LogP contribution in [0.2, 0.25) is 47.7 Å². The van der Waals surface area contributed by atoms with Crippen LogP contribution in [0.15, 0.2) is 30.3 Å². The molecular weight excluding hydrogens is 386 g/mol. The van der Waals surface area contributed by atoms with Crippen LogP contribution in [0, 0.1) is 0 Å². The zero-order valence-corrected chi connectivity index (χ0v) is 16.1. The van der Waals surface area contributed by atoms with Gasteiger partial charge in [0.2, 0.25) is 5.13 Å². The minimum Gasteiger partial charge on any atom is -0.374 e. The second-order valence-electron chi connectivity index (χ2n) is 12.5. The molecule has 2 N–H and O–H groups in total. The summed E-state index contributed by atoms with van der Waals surface area (Å²) in [6, 6.07) is 9.87. The number of aromatic nitrogens is 2. The van der Waals surface area contributed by atoms with E-state index in [9.17, 15) is 4.79 Å². The number of carbonyl (C=O) groups excluding carboxylic acids is 1. The number of fused-ring (bicyclic) bond motifs is 10. The van der Waals surface area contributed by atoms with Crippen molar-refractivity contribution in [2.24, 2.45) is 0 Å². The van der Waals surface area contributed by atoms with Crippen LogP contribution in [0.3, 0.4) is 0 Å². The van der Waals surface area contributed by atoms with Crippen LogP contribution in [0.5, 0.6) is 0 Å². The number of nitrogen functional groups attached to an aromatic ring is 1. The fourth-order valence-electron chi connectivity index (χ4n) is 18.1. The van der Waals surface area contributed by atoms with E-state index in [0.29, 0.717) is 9.44 Å². The molecule has 6 heteroatoms. The number of carbonyl (C=O) groups is 1. The monoisotopic (exact) mass is 405 g/mol. The van der Waals surface area contributed by atoms with Gasteiger partial charge in [-0.05, 0) is 0 Å². The summed E-state index contributed by atoms with van der Waals surface area (Å²) in [5.74, 6) is 0.726. The SMILES string of the molecule is CC(=O)[C]12[CH]3[CH]4[CH]5[CH]1[Fe]45321678[CH]2[CH]1[CH]6[CH]7[CH]28.Nc1nnc(-c2ccccc2)s1. The first kappa shape index (κ1) is 11.6. The minimum absolute atomic E-state index is 0.508. The van der Waals surface area contributed by atoms with E-state index in [0.717, 1.165) is 16.4 Å². The van der Waals surface area contributed by atoms with Crippen molar-refractivity contribution in [2.45, 2.75) is 54.6 Å². The van der Waals surface area contributed by atoms with Crippen LogP contribution >= 0.6 is 11.3 Å². The molecule has 1 spiro atoms. The van der Waals surface area contributed by atoms with Gasteiger partial charge in [0, 0.05) is 5.56 Å². The Morgan fingerprint density at radius 1 is 1.00 bits per heavy atom. The second-order valence-corrected chi connectivity index (χ2v) is 37.1. The average Bonchev–Trinajstić information content (AvgIpc) is 3.55. The summed E-state index contributed by atoms with van der Waals surface area (Å²) in [5.41, 5.74) is 6.52. The zero-order valence-electron chi connectivity index (χ0n) is 14.2. The molecule has 10 fully saturated rings. The Kier molecular flexibility index (Phi) is 0.586. The summed E-state index contributed by atoms with van der Waals surface area (Å²) in [4.78, 5) is 23.9. The van der Waals surface area contributed by atoms with Crippen molar-refractivity contribution in [1.29, 1.82) is 0 Å². The van der Waals surface area contributed by atoms with E-state index < -0.39 is 6.51 Å². The Hall–Kier alpha value is -1.23. The van der Waals surface area contributed by atoms with Gasteiger partial charge in [0.05, 0.1) is 0 Å². The summed E-state index contributed by atoms with van der Waals surface area (Å²) in [6.07, 6.45) is 0. The summed E-state index contributed by atoms with van der Waals surface area (Å²) in [5, 5.41) is 9.05. The van der Waals surface area contributed by atoms with E-state index in [-0.39, 0.29) is 0 Å². The number of hydrogen-bond donors (Lipinski definition) is 1. The van der Waals surface area contributed by atoms with Crippen molar-refractivity contribution in [1.82, 2.24) is 10.2 Å². The predicted octanol–water partition coefficient (Wildman–Crippen LogP) is 5.12. The molecule has 0 radical (unpaired) electrons. The fraction of sp³-hybridized carbons (Fsp3) is 0.550. The summed E-state index contributed by atoms with van der Waals surface area (Å²) in [6.45, 7) is -0.952. The van der Waals surface area contributed by atoms with Crippen LogP contribution in [0.4, 0.5) is 5.13 Å². The topological polar surface area (TPSA) is 68.9 Å². The van der Waals surface area contributed by atoms with E-state index in [1.54, 1.807) is 0 Å². The van der Waals surface area contributed by atoms with E-state index in [1.165, 1.54) is 54.7 Å². The molecule has 0 saturated carbocycles. The molecule has 10 aliphatic rings. The molecule has 2 aromatic rings. The van der Waals surface area contributed by atoms with Crippen molar-refractivity contribution in [3.63, 3.8) is 0 Å². The fourth-order valence-corrected chi connectivity index (χ4v) is 93.2. The first-order chi connectivity index (χ1) is 12.3. The minimum atomic E-state index is -2.94. The van der Waals surface area contributed by atoms with Crippen molar-refractivity contribution in [3.8, 4) is 10.6 Å². The molecule has 1 aromatic carbocycles. The Labute approximate surface area is 144 Å². The first-order valence-corrected chi connectivity index (χ1v) is 16.8. The van der Waals surface area contributed by atoms with Crippen LogP contribution in [-0.4, -0.2) is 16.0 Å². The van der Waals surface area contributed by atoms with E-state index in [1.807, 2.05) is 37.3 Å². The van der Waals surface area contributed by atoms with Crippen molar-refractivity contribution in [2.75, 3.05) is 5.73 Å². The molecule has 10 saturated heterocycles. The van der Waals surface area contributed by atoms with Crippen LogP contribution in [-0.2, 0) is 11.3 Å². The quantitative estimate of drug-likeness (QED) is 0.704. The number of nitrogens with zero attached hydrogens (tertiary/aromatic N) is 2. The molecule has 4 unspecified atom stereocenters. The second kappa shape index (κ2) is 1.32. The van der Waals surface area contributed by atoms with Gasteiger partial charge in [-0.2, -0.15) is 0 Å². The largest absolute Gasteiger partial charge is 0.374 e. The number of nitrogens with two attached hydrogens (primary N) is 1. The van der Waals surface area contributed by atoms with Crippen molar-refractivity contribution in [3.05, 3.63) is 30.3 Å². The molecular formula is C20H19FeN3OS. The van der Waals surface area contributed by atoms with Crippen molar-refractivity contribution < 1.29 is 11.3 Å². The summed E-state index contributed by atoms with van der Waals surface area (Å²) < 4.78 is 0.555. The van der Waals surface area contributed by atoms with E-state index in [2.05, 4.69) is 10.2 Å². The third-order valence-electron chi connectivity index (χ3n) is 16.7. The van der Waals surface area contributed by atoms with Gasteiger partial charge < -0.3 is 5.73 Å². The van der Waals surface area contributed by atoms with E-state index >= 15 is 0 Å². The molecule has 10 aliphatic heterocycles. The number of ketones is 1. The third kappa shape index (κ3) is 0.189. The number of hydrogen-bond acceptors (Lipinski definition) is 5. The Balaban J connectivity index is 0.0000000854. The average molecular weight is 405 g/mol. The van der Waals surface area contributed by atoms with Gasteiger partial charge in [-0.3, -0.25) is 0 Å². The van der Waals surface area contributed by atoms with Gasteiger partial charge in [0.25, 0.3) is 0 Å². The molecule has 0 bridgehead atoms. The molecule has 4 nitrogen and oxygen atoms in total. The summed E-state index contributed by atoms with van der Waals surface area (Å²) >= 11 is 1.40. The molecule has 26 heavy (non-hydrogen) atoms. The number of Topliss-reactive ketones (excluding diaryl/α,β-unsaturated/α-hetero) is 1. The zero-order chi connectivity index (χ0) is 17.0. The van der Waals surface area contributed by atoms with Crippen LogP contribution in [0.1, 0.15) is 6.92 Å². The van der Waals surface area contributed by atoms with Gasteiger partial charge in [0.15, 0.2) is 0 Å². The molecule has 4 atom stereocenters. The molecule has 0 aliphatic carbocycles. The maximum absolute atomic E-state index is 12.2. The Morgan fingerprint density at radius 3 is 1.88 bits per heavy atom. The van der Waals surface area contributed by atoms with Gasteiger partial charge in [0.1, 0.15) is 5.01 Å². The molecule has 12 rings (SSSR count). The Morgan fingerprint density at radius 2 is 1.58 bits per heavy atom. The molecule has 134 valence electrons. The molecule has 11 heterocycles. The first-order valence-electron chi connectivity index (χ1n) is 9.72. The normalized spacial score (nSPS) is 81.0. The maximum Gasteiger partial charge on any atom is 0.203 e. The van der Waals surface area contributed by atoms with Gasteiger partial charge in [-0.15, -0.1) is 10.2 Å². The van der Waals surface area contributed by atoms with Crippen molar-refractivity contribution >= 4 is 22.3 Å². The van der Waals surface area contributed by atoms with Crippen LogP contribution in [0.25, 0.3) is 10.6 Å². The van der Waals surface area contributed by atoms with Crippen LogP contribution < -0.4 is 5.73 Å². The van der Waals surface area contributed by atoms with Gasteiger partial charge >= 0.3 is 71.7 Å². The number of benzene rings is 1. The molecule has 0 amide bonds. The predicted molar refractivity (Wildman–Crippen MR) is 96.9 cm³/mol.